The predicted octanol–water partition coefficient (Wildman–Crippen LogP) is 5.01. The lowest BCUT2D eigenvalue weighted by atomic mass is 9.82. The number of imide groups is 2. The van der Waals surface area contributed by atoms with Crippen LogP contribution in [0.1, 0.15) is 70.0 Å². The summed E-state index contributed by atoms with van der Waals surface area (Å²) in [6.45, 7) is 1.82. The van der Waals surface area contributed by atoms with E-state index in [-0.39, 0.29) is 60.9 Å². The van der Waals surface area contributed by atoms with Gasteiger partial charge in [0.05, 0.1) is 23.8 Å². The summed E-state index contributed by atoms with van der Waals surface area (Å²) < 4.78 is 0. The molecule has 5 amide bonds. The maximum Gasteiger partial charge on any atom is 0.263 e. The number of fused-ring (bicyclic) bond motifs is 4. The molecule has 4 aromatic rings. The van der Waals surface area contributed by atoms with E-state index in [2.05, 4.69) is 44.0 Å². The van der Waals surface area contributed by atoms with Gasteiger partial charge in [0.15, 0.2) is 0 Å². The van der Waals surface area contributed by atoms with Gasteiger partial charge in [0, 0.05) is 60.0 Å². The van der Waals surface area contributed by atoms with Crippen LogP contribution >= 0.6 is 11.8 Å². The number of aliphatic hydroxyl groups excluding tert-OH is 1. The van der Waals surface area contributed by atoms with Gasteiger partial charge in [-0.3, -0.25) is 44.1 Å². The monoisotopic (exact) mass is 744 g/mol. The van der Waals surface area contributed by atoms with Crippen molar-refractivity contribution in [3.8, 4) is 11.1 Å². The van der Waals surface area contributed by atoms with Crippen molar-refractivity contribution in [3.63, 3.8) is 0 Å². The van der Waals surface area contributed by atoms with Crippen LogP contribution in [0.25, 0.3) is 11.1 Å². The van der Waals surface area contributed by atoms with Gasteiger partial charge in [0.1, 0.15) is 6.04 Å². The summed E-state index contributed by atoms with van der Waals surface area (Å²) in [4.78, 5) is 72.0. The van der Waals surface area contributed by atoms with E-state index in [1.165, 1.54) is 22.9 Å². The second-order valence-corrected chi connectivity index (χ2v) is 15.3. The van der Waals surface area contributed by atoms with E-state index in [1.54, 1.807) is 18.2 Å². The zero-order chi connectivity index (χ0) is 37.3. The van der Waals surface area contributed by atoms with Gasteiger partial charge in [-0.05, 0) is 102 Å². The zero-order valence-electron chi connectivity index (χ0n) is 29.5. The zero-order valence-corrected chi connectivity index (χ0v) is 30.3. The number of piperidine rings is 1. The fourth-order valence-electron chi connectivity index (χ4n) is 8.26. The number of anilines is 2. The minimum absolute atomic E-state index is 0.0109. The lowest BCUT2D eigenvalue weighted by molar-refractivity contribution is -0.136. The van der Waals surface area contributed by atoms with Crippen molar-refractivity contribution in [3.05, 3.63) is 107 Å². The summed E-state index contributed by atoms with van der Waals surface area (Å²) in [6.07, 6.45) is 5.58. The number of benzene rings is 3. The molecule has 4 aliphatic rings. The third-order valence-electron chi connectivity index (χ3n) is 10.8. The summed E-state index contributed by atoms with van der Waals surface area (Å²) in [5.41, 5.74) is 6.66. The molecule has 0 aliphatic carbocycles. The Labute approximate surface area is 316 Å². The fourth-order valence-corrected chi connectivity index (χ4v) is 9.28. The SMILES string of the molecule is O=C1CCC(N2C(=O)c3cccc(SCCCC(=O)Nc4cccc(-c5ccc6c(c5)[C@H]5[C@H](CCN5Cc5ccncc5)[C@@H](CO)N6)c4)c3C2=O)C(=O)N1. The van der Waals surface area contributed by atoms with Crippen LogP contribution in [0, 0.1) is 5.92 Å². The fraction of sp³-hybridized carbons (Fsp3) is 0.317. The molecule has 4 atom stereocenters. The summed E-state index contributed by atoms with van der Waals surface area (Å²) in [6, 6.07) is 22.5. The Kier molecular flexibility index (Phi) is 10.0. The van der Waals surface area contributed by atoms with Crippen LogP contribution in [0.4, 0.5) is 11.4 Å². The van der Waals surface area contributed by atoms with Gasteiger partial charge in [0.2, 0.25) is 17.7 Å². The number of pyridine rings is 1. The first-order chi connectivity index (χ1) is 26.3. The van der Waals surface area contributed by atoms with Crippen LogP contribution in [0.15, 0.2) is 90.1 Å². The summed E-state index contributed by atoms with van der Waals surface area (Å²) in [5, 5.41) is 19.1. The molecule has 1 aromatic heterocycles. The Balaban J connectivity index is 0.900. The van der Waals surface area contributed by atoms with Gasteiger partial charge in [-0.2, -0.15) is 0 Å². The van der Waals surface area contributed by atoms with Crippen LogP contribution in [0.5, 0.6) is 0 Å². The number of nitrogens with one attached hydrogen (secondary N) is 3. The van der Waals surface area contributed by atoms with E-state index in [9.17, 15) is 29.1 Å². The molecular weight excluding hydrogens is 705 g/mol. The summed E-state index contributed by atoms with van der Waals surface area (Å²) in [7, 11) is 0. The van der Waals surface area contributed by atoms with Crippen molar-refractivity contribution in [1.82, 2.24) is 20.1 Å². The van der Waals surface area contributed by atoms with Gasteiger partial charge in [-0.25, -0.2) is 0 Å². The Hall–Kier alpha value is -5.37. The van der Waals surface area contributed by atoms with Crippen molar-refractivity contribution >= 4 is 52.7 Å². The minimum Gasteiger partial charge on any atom is -0.394 e. The van der Waals surface area contributed by atoms with Crippen LogP contribution < -0.4 is 16.0 Å². The van der Waals surface area contributed by atoms with Gasteiger partial charge in [0.25, 0.3) is 11.8 Å². The number of carbonyl (C=O) groups excluding carboxylic acids is 5. The molecule has 3 aromatic carbocycles. The van der Waals surface area contributed by atoms with Crippen molar-refractivity contribution in [2.45, 2.75) is 61.7 Å². The van der Waals surface area contributed by atoms with Gasteiger partial charge < -0.3 is 15.7 Å². The Morgan fingerprint density at radius 3 is 2.57 bits per heavy atom. The predicted molar refractivity (Wildman–Crippen MR) is 204 cm³/mol. The third-order valence-corrected chi connectivity index (χ3v) is 12.0. The summed E-state index contributed by atoms with van der Waals surface area (Å²) in [5.74, 6) is -1.47. The normalized spacial score (nSPS) is 22.0. The molecule has 8 rings (SSSR count). The molecular formula is C41H40N6O6S. The maximum absolute atomic E-state index is 13.4. The second kappa shape index (κ2) is 15.2. The first-order valence-corrected chi connectivity index (χ1v) is 19.3. The van der Waals surface area contributed by atoms with Crippen molar-refractivity contribution in [1.29, 1.82) is 0 Å². The smallest absolute Gasteiger partial charge is 0.263 e. The molecule has 0 radical (unpaired) electrons. The highest BCUT2D eigenvalue weighted by Gasteiger charge is 2.46. The summed E-state index contributed by atoms with van der Waals surface area (Å²) >= 11 is 1.39. The van der Waals surface area contributed by atoms with Crippen LogP contribution in [0.2, 0.25) is 0 Å². The Morgan fingerprint density at radius 1 is 0.944 bits per heavy atom. The third kappa shape index (κ3) is 6.90. The number of nitrogens with zero attached hydrogens (tertiary/aromatic N) is 3. The van der Waals surface area contributed by atoms with Crippen molar-refractivity contribution in [2.75, 3.05) is 29.5 Å². The number of hydrogen-bond acceptors (Lipinski definition) is 10. The lowest BCUT2D eigenvalue weighted by Crippen LogP contribution is -2.54. The largest absolute Gasteiger partial charge is 0.394 e. The topological polar surface area (TPSA) is 161 Å². The Morgan fingerprint density at radius 2 is 1.76 bits per heavy atom. The Bertz CT molecular complexity index is 2150. The molecule has 4 N–H and O–H groups in total. The second-order valence-electron chi connectivity index (χ2n) is 14.2. The lowest BCUT2D eigenvalue weighted by Gasteiger charge is -2.39. The first-order valence-electron chi connectivity index (χ1n) is 18.3. The van der Waals surface area contributed by atoms with E-state index in [0.717, 1.165) is 41.2 Å². The average Bonchev–Trinajstić information content (AvgIpc) is 3.71. The minimum atomic E-state index is -1.02. The van der Waals surface area contributed by atoms with E-state index in [4.69, 9.17) is 0 Å². The van der Waals surface area contributed by atoms with E-state index in [0.29, 0.717) is 22.8 Å². The average molecular weight is 745 g/mol. The molecule has 0 bridgehead atoms. The van der Waals surface area contributed by atoms with E-state index >= 15 is 0 Å². The molecule has 0 spiro atoms. The van der Waals surface area contributed by atoms with Crippen LogP contribution in [-0.4, -0.2) is 80.4 Å². The van der Waals surface area contributed by atoms with Crippen molar-refractivity contribution < 1.29 is 29.1 Å². The number of hydrogen-bond donors (Lipinski definition) is 4. The van der Waals surface area contributed by atoms with Gasteiger partial charge >= 0.3 is 0 Å². The maximum atomic E-state index is 13.4. The van der Waals surface area contributed by atoms with Gasteiger partial charge in [-0.15, -0.1) is 11.8 Å². The molecule has 54 heavy (non-hydrogen) atoms. The number of rotatable bonds is 11. The quantitative estimate of drug-likeness (QED) is 0.0934. The standard InChI is InChI=1S/C41H40N6O6S/c48-23-32-28-15-18-46(22-24-13-16-42-17-14-24)38(28)30-21-26(9-10-31(30)44-32)25-4-1-5-27(20-25)43-35(49)8-3-19-54-34-7-2-6-29-37(34)41(53)47(40(29)52)33-11-12-36(50)45-39(33)51/h1-2,4-7,9-10,13-14,16-17,20-21,28,32-33,38,44,48H,3,8,11-12,15,18-19,22-23H2,(H,43,49)(H,45,50,51)/t28-,32-,33?,38-/m1/s1. The van der Waals surface area contributed by atoms with E-state index < -0.39 is 29.7 Å². The molecule has 2 fully saturated rings. The highest BCUT2D eigenvalue weighted by atomic mass is 32.2. The molecule has 1 unspecified atom stereocenters. The number of amides is 5. The molecule has 0 saturated carbocycles. The van der Waals surface area contributed by atoms with Gasteiger partial charge in [-0.1, -0.05) is 24.3 Å². The van der Waals surface area contributed by atoms with Crippen LogP contribution in [-0.2, 0) is 20.9 Å². The van der Waals surface area contributed by atoms with Crippen LogP contribution in [0.3, 0.4) is 0 Å². The molecule has 276 valence electrons. The molecule has 12 nitrogen and oxygen atoms in total. The number of carbonyl (C=O) groups is 5. The molecule has 4 aliphatic heterocycles. The highest BCUT2D eigenvalue weighted by Crippen LogP contribution is 2.48. The number of aliphatic hydroxyl groups is 1. The first kappa shape index (κ1) is 35.6. The highest BCUT2D eigenvalue weighted by molar-refractivity contribution is 7.99. The van der Waals surface area contributed by atoms with E-state index in [1.807, 2.05) is 48.8 Å². The number of thioether (sulfide) groups is 1. The number of aromatic nitrogens is 1. The number of likely N-dealkylation sites (tertiary alicyclic amines) is 1. The molecule has 2 saturated heterocycles. The van der Waals surface area contributed by atoms with Crippen molar-refractivity contribution in [2.24, 2.45) is 5.92 Å². The molecule has 13 heteroatoms. The molecule has 5 heterocycles.